The molecule has 0 bridgehead atoms. The highest BCUT2D eigenvalue weighted by molar-refractivity contribution is 5.88. The molecule has 0 aliphatic heterocycles. The van der Waals surface area contributed by atoms with Gasteiger partial charge in [0.05, 0.1) is 21.3 Å². The number of ether oxygens (including phenoxy) is 3. The van der Waals surface area contributed by atoms with Gasteiger partial charge >= 0.3 is 0 Å². The Kier molecular flexibility index (Phi) is 8.80. The lowest BCUT2D eigenvalue weighted by molar-refractivity contribution is -0.114. The van der Waals surface area contributed by atoms with Gasteiger partial charge in [0.2, 0.25) is 11.7 Å². The van der Waals surface area contributed by atoms with E-state index < -0.39 is 0 Å². The number of hydrogen-bond acceptors (Lipinski definition) is 5. The molecule has 162 valence electrons. The first-order chi connectivity index (χ1) is 14.5. The molecule has 0 saturated heterocycles. The van der Waals surface area contributed by atoms with E-state index in [1.165, 1.54) is 6.92 Å². The fourth-order valence-corrected chi connectivity index (χ4v) is 2.93. The van der Waals surface area contributed by atoms with Crippen LogP contribution in [0.5, 0.6) is 17.2 Å². The van der Waals surface area contributed by atoms with Crippen LogP contribution in [0.3, 0.4) is 0 Å². The number of carbonyl (C=O) groups is 1. The number of rotatable bonds is 9. The molecule has 0 aliphatic rings. The summed E-state index contributed by atoms with van der Waals surface area (Å²) in [7, 11) is 6.50. The first kappa shape index (κ1) is 22.9. The third kappa shape index (κ3) is 6.58. The third-order valence-corrected chi connectivity index (χ3v) is 4.39. The lowest BCUT2D eigenvalue weighted by atomic mass is 10.1. The van der Waals surface area contributed by atoms with E-state index in [0.29, 0.717) is 36.3 Å². The minimum atomic E-state index is -0.0774. The van der Waals surface area contributed by atoms with E-state index in [9.17, 15) is 4.79 Å². The Labute approximate surface area is 177 Å². The maximum atomic E-state index is 11.1. The number of aliphatic imine (C=N–C) groups is 1. The van der Waals surface area contributed by atoms with Crippen LogP contribution in [0.1, 0.15) is 18.1 Å². The molecule has 2 aromatic carbocycles. The number of nitrogens with one attached hydrogen (secondary N) is 3. The lowest BCUT2D eigenvalue weighted by Gasteiger charge is -2.16. The Balaban J connectivity index is 1.88. The predicted octanol–water partition coefficient (Wildman–Crippen LogP) is 2.58. The molecule has 3 N–H and O–H groups in total. The molecule has 0 unspecified atom stereocenters. The lowest BCUT2D eigenvalue weighted by Crippen LogP contribution is -2.37. The zero-order valence-corrected chi connectivity index (χ0v) is 18.2. The quantitative estimate of drug-likeness (QED) is 0.431. The molecule has 8 nitrogen and oxygen atoms in total. The monoisotopic (exact) mass is 414 g/mol. The molecule has 0 spiro atoms. The SMILES string of the molecule is CN=C(NCCc1ccc(NC(C)=O)cc1)NCc1cc(OC)c(OC)c(OC)c1. The van der Waals surface area contributed by atoms with Crippen molar-refractivity contribution in [3.05, 3.63) is 47.5 Å². The minimum Gasteiger partial charge on any atom is -0.493 e. The molecular formula is C22H30N4O4. The summed E-state index contributed by atoms with van der Waals surface area (Å²) in [5.41, 5.74) is 2.93. The molecule has 1 amide bonds. The number of anilines is 1. The molecule has 0 heterocycles. The normalized spacial score (nSPS) is 10.9. The van der Waals surface area contributed by atoms with Crippen LogP contribution >= 0.6 is 0 Å². The van der Waals surface area contributed by atoms with Crippen molar-refractivity contribution in [2.45, 2.75) is 19.9 Å². The average Bonchev–Trinajstić information content (AvgIpc) is 2.75. The van der Waals surface area contributed by atoms with Crippen molar-refractivity contribution in [1.29, 1.82) is 0 Å². The highest BCUT2D eigenvalue weighted by Crippen LogP contribution is 2.38. The van der Waals surface area contributed by atoms with Crippen LogP contribution in [-0.2, 0) is 17.8 Å². The molecule has 30 heavy (non-hydrogen) atoms. The van der Waals surface area contributed by atoms with Gasteiger partial charge in [0, 0.05) is 32.7 Å². The van der Waals surface area contributed by atoms with Crippen molar-refractivity contribution in [3.63, 3.8) is 0 Å². The van der Waals surface area contributed by atoms with Crippen LogP contribution in [-0.4, -0.2) is 46.8 Å². The smallest absolute Gasteiger partial charge is 0.221 e. The molecule has 0 radical (unpaired) electrons. The highest BCUT2D eigenvalue weighted by atomic mass is 16.5. The van der Waals surface area contributed by atoms with Gasteiger partial charge < -0.3 is 30.2 Å². The summed E-state index contributed by atoms with van der Waals surface area (Å²) in [6.45, 7) is 2.75. The van der Waals surface area contributed by atoms with E-state index in [0.717, 1.165) is 23.2 Å². The van der Waals surface area contributed by atoms with Gasteiger partial charge in [-0.1, -0.05) is 12.1 Å². The van der Waals surface area contributed by atoms with Gasteiger partial charge in [0.1, 0.15) is 0 Å². The minimum absolute atomic E-state index is 0.0774. The van der Waals surface area contributed by atoms with Gasteiger partial charge in [0.25, 0.3) is 0 Å². The van der Waals surface area contributed by atoms with Crippen molar-refractivity contribution >= 4 is 17.6 Å². The average molecular weight is 415 g/mol. The molecular weight excluding hydrogens is 384 g/mol. The zero-order chi connectivity index (χ0) is 21.9. The number of nitrogens with zero attached hydrogens (tertiary/aromatic N) is 1. The first-order valence-electron chi connectivity index (χ1n) is 9.60. The second-order valence-electron chi connectivity index (χ2n) is 6.51. The fourth-order valence-electron chi connectivity index (χ4n) is 2.93. The van der Waals surface area contributed by atoms with E-state index in [4.69, 9.17) is 14.2 Å². The number of guanidine groups is 1. The Morgan fingerprint density at radius 1 is 0.933 bits per heavy atom. The summed E-state index contributed by atoms with van der Waals surface area (Å²) in [4.78, 5) is 15.3. The molecule has 8 heteroatoms. The van der Waals surface area contributed by atoms with Crippen molar-refractivity contribution < 1.29 is 19.0 Å². The van der Waals surface area contributed by atoms with Gasteiger partial charge in [0.15, 0.2) is 17.5 Å². The Morgan fingerprint density at radius 2 is 1.57 bits per heavy atom. The Bertz CT molecular complexity index is 841. The number of benzene rings is 2. The summed E-state index contributed by atoms with van der Waals surface area (Å²) in [5, 5.41) is 9.34. The standard InChI is InChI=1S/C22H30N4O4/c1-15(27)26-18-8-6-16(7-9-18)10-11-24-22(23-2)25-14-17-12-19(28-3)21(30-5)20(13-17)29-4/h6-9,12-13H,10-11,14H2,1-5H3,(H,26,27)(H2,23,24,25). The Hall–Kier alpha value is -3.42. The third-order valence-electron chi connectivity index (χ3n) is 4.39. The largest absolute Gasteiger partial charge is 0.493 e. The van der Waals surface area contributed by atoms with Gasteiger partial charge in [-0.15, -0.1) is 0 Å². The van der Waals surface area contributed by atoms with E-state index in [2.05, 4.69) is 20.9 Å². The summed E-state index contributed by atoms with van der Waals surface area (Å²) < 4.78 is 16.1. The predicted molar refractivity (Wildman–Crippen MR) is 119 cm³/mol. The van der Waals surface area contributed by atoms with E-state index in [1.54, 1.807) is 28.4 Å². The molecule has 0 saturated carbocycles. The maximum Gasteiger partial charge on any atom is 0.221 e. The van der Waals surface area contributed by atoms with Crippen LogP contribution < -0.4 is 30.2 Å². The van der Waals surface area contributed by atoms with Crippen LogP contribution in [0.15, 0.2) is 41.4 Å². The Morgan fingerprint density at radius 3 is 2.07 bits per heavy atom. The van der Waals surface area contributed by atoms with Crippen LogP contribution in [0.2, 0.25) is 0 Å². The van der Waals surface area contributed by atoms with E-state index in [1.807, 2.05) is 36.4 Å². The van der Waals surface area contributed by atoms with Gasteiger partial charge in [-0.25, -0.2) is 0 Å². The van der Waals surface area contributed by atoms with Crippen molar-refractivity contribution in [2.75, 3.05) is 40.2 Å². The molecule has 2 aromatic rings. The summed E-state index contributed by atoms with van der Waals surface area (Å²) in [5.74, 6) is 2.40. The summed E-state index contributed by atoms with van der Waals surface area (Å²) in [6.07, 6.45) is 0.825. The van der Waals surface area contributed by atoms with Gasteiger partial charge in [-0.2, -0.15) is 0 Å². The van der Waals surface area contributed by atoms with Gasteiger partial charge in [-0.3, -0.25) is 9.79 Å². The van der Waals surface area contributed by atoms with Crippen molar-refractivity contribution in [2.24, 2.45) is 4.99 Å². The molecule has 0 aromatic heterocycles. The zero-order valence-electron chi connectivity index (χ0n) is 18.2. The topological polar surface area (TPSA) is 93.2 Å². The van der Waals surface area contributed by atoms with Crippen molar-refractivity contribution in [3.8, 4) is 17.2 Å². The van der Waals surface area contributed by atoms with Crippen LogP contribution in [0.4, 0.5) is 5.69 Å². The number of amides is 1. The molecule has 0 atom stereocenters. The second-order valence-corrected chi connectivity index (χ2v) is 6.51. The molecule has 0 fully saturated rings. The van der Waals surface area contributed by atoms with Crippen LogP contribution in [0.25, 0.3) is 0 Å². The van der Waals surface area contributed by atoms with E-state index in [-0.39, 0.29) is 5.91 Å². The second kappa shape index (κ2) is 11.5. The van der Waals surface area contributed by atoms with E-state index >= 15 is 0 Å². The number of carbonyl (C=O) groups excluding carboxylic acids is 1. The fraction of sp³-hybridized carbons (Fsp3) is 0.364. The molecule has 0 aliphatic carbocycles. The van der Waals surface area contributed by atoms with Crippen LogP contribution in [0, 0.1) is 0 Å². The van der Waals surface area contributed by atoms with Gasteiger partial charge in [-0.05, 0) is 41.8 Å². The number of hydrogen-bond donors (Lipinski definition) is 3. The summed E-state index contributed by atoms with van der Waals surface area (Å²) >= 11 is 0. The summed E-state index contributed by atoms with van der Waals surface area (Å²) in [6, 6.07) is 11.6. The molecule has 2 rings (SSSR count). The number of methoxy groups -OCH3 is 3. The maximum absolute atomic E-state index is 11.1. The highest BCUT2D eigenvalue weighted by Gasteiger charge is 2.13. The first-order valence-corrected chi connectivity index (χ1v) is 9.60. The van der Waals surface area contributed by atoms with Crippen molar-refractivity contribution in [1.82, 2.24) is 10.6 Å².